The number of phenols is 1. The number of amides is 1. The minimum atomic E-state index is -0.329. The predicted molar refractivity (Wildman–Crippen MR) is 73.8 cm³/mol. The van der Waals surface area contributed by atoms with Gasteiger partial charge in [0, 0.05) is 24.5 Å². The molecule has 1 heterocycles. The number of methoxy groups -OCH3 is 1. The molecule has 0 aliphatic heterocycles. The molecule has 1 atom stereocenters. The number of hydrogen-bond donors (Lipinski definition) is 2. The molecule has 1 amide bonds. The maximum atomic E-state index is 12.1. The van der Waals surface area contributed by atoms with Crippen LogP contribution in [0, 0.1) is 0 Å². The molecule has 0 aliphatic rings. The Morgan fingerprint density at radius 3 is 2.95 bits per heavy atom. The lowest BCUT2D eigenvalue weighted by Gasteiger charge is -2.14. The fourth-order valence-electron chi connectivity index (χ4n) is 1.87. The fraction of sp³-hybridized carbons (Fsp3) is 0.286. The van der Waals surface area contributed by atoms with Crippen molar-refractivity contribution in [3.8, 4) is 11.5 Å². The summed E-state index contributed by atoms with van der Waals surface area (Å²) in [6.45, 7) is 2.44. The van der Waals surface area contributed by atoms with Crippen LogP contribution in [-0.2, 0) is 6.54 Å². The summed E-state index contributed by atoms with van der Waals surface area (Å²) < 4.78 is 6.71. The van der Waals surface area contributed by atoms with Crippen molar-refractivity contribution in [2.45, 2.75) is 19.5 Å². The van der Waals surface area contributed by atoms with Gasteiger partial charge in [0.05, 0.1) is 19.2 Å². The molecule has 0 saturated heterocycles. The minimum absolute atomic E-state index is 0.104. The topological polar surface area (TPSA) is 76.4 Å². The van der Waals surface area contributed by atoms with Crippen LogP contribution in [0.1, 0.15) is 17.3 Å². The van der Waals surface area contributed by atoms with Crippen LogP contribution in [0.15, 0.2) is 36.7 Å². The third kappa shape index (κ3) is 3.28. The van der Waals surface area contributed by atoms with Crippen LogP contribution in [0.2, 0.25) is 0 Å². The standard InChI is InChI=1S/C14H17N3O3/c1-10(9-17-7-3-6-15-17)16-14(19)12-5-4-11(20-2)8-13(12)18/h3-8,10,18H,9H2,1-2H3,(H,16,19). The number of nitrogens with zero attached hydrogens (tertiary/aromatic N) is 2. The summed E-state index contributed by atoms with van der Waals surface area (Å²) >= 11 is 0. The molecule has 0 fully saturated rings. The summed E-state index contributed by atoms with van der Waals surface area (Å²) in [6.07, 6.45) is 3.51. The van der Waals surface area contributed by atoms with Crippen molar-refractivity contribution in [1.82, 2.24) is 15.1 Å². The van der Waals surface area contributed by atoms with Crippen molar-refractivity contribution < 1.29 is 14.6 Å². The van der Waals surface area contributed by atoms with E-state index in [1.165, 1.54) is 19.2 Å². The number of nitrogens with one attached hydrogen (secondary N) is 1. The molecule has 1 unspecified atom stereocenters. The van der Waals surface area contributed by atoms with Crippen LogP contribution in [0.25, 0.3) is 0 Å². The predicted octanol–water partition coefficient (Wildman–Crippen LogP) is 1.42. The maximum absolute atomic E-state index is 12.1. The van der Waals surface area contributed by atoms with Gasteiger partial charge in [-0.2, -0.15) is 5.10 Å². The minimum Gasteiger partial charge on any atom is -0.507 e. The number of rotatable bonds is 5. The van der Waals surface area contributed by atoms with Crippen LogP contribution in [0.5, 0.6) is 11.5 Å². The molecule has 1 aromatic heterocycles. The fourth-order valence-corrected chi connectivity index (χ4v) is 1.87. The van der Waals surface area contributed by atoms with Gasteiger partial charge in [-0.25, -0.2) is 0 Å². The molecule has 0 spiro atoms. The zero-order chi connectivity index (χ0) is 14.5. The molecule has 20 heavy (non-hydrogen) atoms. The van der Waals surface area contributed by atoms with E-state index in [0.29, 0.717) is 12.3 Å². The van der Waals surface area contributed by atoms with Gasteiger partial charge in [-0.3, -0.25) is 9.48 Å². The smallest absolute Gasteiger partial charge is 0.255 e. The number of phenolic OH excluding ortho intramolecular Hbond substituents is 1. The van der Waals surface area contributed by atoms with E-state index in [1.807, 2.05) is 19.2 Å². The summed E-state index contributed by atoms with van der Waals surface area (Å²) in [4.78, 5) is 12.1. The maximum Gasteiger partial charge on any atom is 0.255 e. The zero-order valence-corrected chi connectivity index (χ0v) is 11.4. The first-order valence-electron chi connectivity index (χ1n) is 6.25. The Morgan fingerprint density at radius 2 is 2.35 bits per heavy atom. The highest BCUT2D eigenvalue weighted by Crippen LogP contribution is 2.23. The van der Waals surface area contributed by atoms with E-state index in [-0.39, 0.29) is 23.3 Å². The van der Waals surface area contributed by atoms with Gasteiger partial charge in [-0.1, -0.05) is 0 Å². The third-order valence-electron chi connectivity index (χ3n) is 2.85. The van der Waals surface area contributed by atoms with E-state index >= 15 is 0 Å². The number of carbonyl (C=O) groups is 1. The average Bonchev–Trinajstić information content (AvgIpc) is 2.90. The molecule has 0 bridgehead atoms. The number of benzene rings is 1. The van der Waals surface area contributed by atoms with E-state index in [9.17, 15) is 9.90 Å². The third-order valence-corrected chi connectivity index (χ3v) is 2.85. The first-order chi connectivity index (χ1) is 9.60. The molecule has 106 valence electrons. The Labute approximate surface area is 117 Å². The quantitative estimate of drug-likeness (QED) is 0.865. The number of aromatic nitrogens is 2. The first kappa shape index (κ1) is 13.9. The number of hydrogen-bond acceptors (Lipinski definition) is 4. The van der Waals surface area contributed by atoms with Gasteiger partial charge in [-0.05, 0) is 25.1 Å². The molecule has 1 aromatic carbocycles. The number of carbonyl (C=O) groups excluding carboxylic acids is 1. The van der Waals surface area contributed by atoms with Gasteiger partial charge >= 0.3 is 0 Å². The van der Waals surface area contributed by atoms with E-state index < -0.39 is 0 Å². The van der Waals surface area contributed by atoms with Crippen molar-refractivity contribution in [1.29, 1.82) is 0 Å². The first-order valence-corrected chi connectivity index (χ1v) is 6.25. The molecule has 0 saturated carbocycles. The molecule has 6 heteroatoms. The van der Waals surface area contributed by atoms with E-state index in [1.54, 1.807) is 16.9 Å². The Bertz CT molecular complexity index is 581. The van der Waals surface area contributed by atoms with Crippen LogP contribution in [0.4, 0.5) is 0 Å². The lowest BCUT2D eigenvalue weighted by molar-refractivity contribution is 0.0933. The number of aromatic hydroxyl groups is 1. The molecule has 2 N–H and O–H groups in total. The van der Waals surface area contributed by atoms with E-state index in [4.69, 9.17) is 4.74 Å². The Balaban J connectivity index is 2.00. The lowest BCUT2D eigenvalue weighted by Crippen LogP contribution is -2.35. The van der Waals surface area contributed by atoms with E-state index in [2.05, 4.69) is 10.4 Å². The average molecular weight is 275 g/mol. The molecule has 6 nitrogen and oxygen atoms in total. The SMILES string of the molecule is COc1ccc(C(=O)NC(C)Cn2cccn2)c(O)c1. The van der Waals surface area contributed by atoms with E-state index in [0.717, 1.165) is 0 Å². The van der Waals surface area contributed by atoms with Gasteiger partial charge in [-0.15, -0.1) is 0 Å². The zero-order valence-electron chi connectivity index (χ0n) is 11.4. The summed E-state index contributed by atoms with van der Waals surface area (Å²) in [6, 6.07) is 6.29. The highest BCUT2D eigenvalue weighted by Gasteiger charge is 2.14. The molecule has 2 rings (SSSR count). The van der Waals surface area contributed by atoms with Gasteiger partial charge in [0.25, 0.3) is 5.91 Å². The van der Waals surface area contributed by atoms with Crippen LogP contribution in [-0.4, -0.2) is 33.9 Å². The molecular weight excluding hydrogens is 258 g/mol. The van der Waals surface area contributed by atoms with Crippen LogP contribution >= 0.6 is 0 Å². The monoisotopic (exact) mass is 275 g/mol. The molecule has 0 radical (unpaired) electrons. The lowest BCUT2D eigenvalue weighted by atomic mass is 10.1. The summed E-state index contributed by atoms with van der Waals surface area (Å²) in [5, 5.41) is 16.7. The Hall–Kier alpha value is -2.50. The van der Waals surface area contributed by atoms with Crippen LogP contribution < -0.4 is 10.1 Å². The van der Waals surface area contributed by atoms with Crippen molar-refractivity contribution in [3.05, 3.63) is 42.2 Å². The molecular formula is C14H17N3O3. The highest BCUT2D eigenvalue weighted by molar-refractivity contribution is 5.97. The summed E-state index contributed by atoms with van der Waals surface area (Å²) in [7, 11) is 1.50. The summed E-state index contributed by atoms with van der Waals surface area (Å²) in [5.41, 5.74) is 0.220. The second kappa shape index (κ2) is 6.10. The second-order valence-corrected chi connectivity index (χ2v) is 4.49. The molecule has 2 aromatic rings. The largest absolute Gasteiger partial charge is 0.507 e. The van der Waals surface area contributed by atoms with Crippen molar-refractivity contribution in [2.24, 2.45) is 0 Å². The Kier molecular flexibility index (Phi) is 4.24. The van der Waals surface area contributed by atoms with Crippen molar-refractivity contribution in [2.75, 3.05) is 7.11 Å². The van der Waals surface area contributed by atoms with Gasteiger partial charge in [0.15, 0.2) is 0 Å². The van der Waals surface area contributed by atoms with Crippen LogP contribution in [0.3, 0.4) is 0 Å². The van der Waals surface area contributed by atoms with Crippen molar-refractivity contribution in [3.63, 3.8) is 0 Å². The molecule has 0 aliphatic carbocycles. The Morgan fingerprint density at radius 1 is 1.55 bits per heavy atom. The summed E-state index contributed by atoms with van der Waals surface area (Å²) in [5.74, 6) is 0.0709. The normalized spacial score (nSPS) is 11.9. The highest BCUT2D eigenvalue weighted by atomic mass is 16.5. The second-order valence-electron chi connectivity index (χ2n) is 4.49. The van der Waals surface area contributed by atoms with Crippen molar-refractivity contribution >= 4 is 5.91 Å². The van der Waals surface area contributed by atoms with Gasteiger partial charge in [0.2, 0.25) is 0 Å². The number of ether oxygens (including phenoxy) is 1. The van der Waals surface area contributed by atoms with Gasteiger partial charge < -0.3 is 15.2 Å². The van der Waals surface area contributed by atoms with Gasteiger partial charge in [0.1, 0.15) is 11.5 Å².